The largest absolute Gasteiger partial charge is 0.465 e. The summed E-state index contributed by atoms with van der Waals surface area (Å²) >= 11 is -0.598. The number of esters is 1. The average molecular weight is 289 g/mol. The Hall–Kier alpha value is -2.01. The summed E-state index contributed by atoms with van der Waals surface area (Å²) in [4.78, 5) is 21.5. The molecule has 0 aliphatic heterocycles. The summed E-state index contributed by atoms with van der Waals surface area (Å²) in [5.41, 5.74) is -5.63. The summed E-state index contributed by atoms with van der Waals surface area (Å²) < 4.78 is 41.6. The molecule has 0 aliphatic carbocycles. The summed E-state index contributed by atoms with van der Waals surface area (Å²) in [7, 11) is 0.990. The molecule has 0 bridgehead atoms. The van der Waals surface area contributed by atoms with Crippen molar-refractivity contribution in [2.75, 3.05) is 7.11 Å². The molecule has 0 aliphatic rings. The number of rotatable bonds is 3. The van der Waals surface area contributed by atoms with Gasteiger partial charge in [0, 0.05) is 10.5 Å². The van der Waals surface area contributed by atoms with Crippen LogP contribution in [-0.4, -0.2) is 24.9 Å². The van der Waals surface area contributed by atoms with Gasteiger partial charge in [0.2, 0.25) is 0 Å². The molecule has 0 fully saturated rings. The second-order valence-electron chi connectivity index (χ2n) is 3.21. The van der Waals surface area contributed by atoms with Crippen LogP contribution in [0.5, 0.6) is 0 Å². The maximum absolute atomic E-state index is 12.4. The lowest BCUT2D eigenvalue weighted by molar-refractivity contribution is -0.0328. The highest BCUT2D eigenvalue weighted by Gasteiger charge is 2.33. The van der Waals surface area contributed by atoms with Crippen LogP contribution in [0.2, 0.25) is 0 Å². The minimum absolute atomic E-state index is 0.0801. The number of alkyl halides is 3. The molecule has 0 radical (unpaired) electrons. The predicted octanol–water partition coefficient (Wildman–Crippen LogP) is 2.77. The van der Waals surface area contributed by atoms with Gasteiger partial charge in [-0.1, -0.05) is 0 Å². The third-order valence-corrected chi connectivity index (χ3v) is 2.87. The Balaban J connectivity index is 3.51. The fraction of sp³-hybridized carbons (Fsp3) is 0.182. The lowest BCUT2D eigenvalue weighted by Gasteiger charge is -2.12. The normalized spacial score (nSPS) is 10.7. The van der Waals surface area contributed by atoms with Gasteiger partial charge in [-0.05, 0) is 23.9 Å². The highest BCUT2D eigenvalue weighted by Crippen LogP contribution is 2.40. The standard InChI is InChI=1S/C11H6F3NO3S/c1-18-10(17)8-3-6(5-16)2-7(4-15)9(8)19-11(12,13)14/h2-3,5H,1H3. The van der Waals surface area contributed by atoms with Crippen LogP contribution in [-0.2, 0) is 4.74 Å². The summed E-state index contributed by atoms with van der Waals surface area (Å²) in [5.74, 6) is -1.05. The van der Waals surface area contributed by atoms with Gasteiger partial charge in [-0.3, -0.25) is 4.79 Å². The molecule has 0 unspecified atom stereocenters. The molecule has 19 heavy (non-hydrogen) atoms. The molecule has 0 spiro atoms. The van der Waals surface area contributed by atoms with E-state index < -0.39 is 39.3 Å². The highest BCUT2D eigenvalue weighted by atomic mass is 32.2. The number of carbonyl (C=O) groups is 2. The zero-order valence-electron chi connectivity index (χ0n) is 9.45. The Morgan fingerprint density at radius 2 is 2.11 bits per heavy atom. The van der Waals surface area contributed by atoms with E-state index in [0.717, 1.165) is 19.2 Å². The lowest BCUT2D eigenvalue weighted by Crippen LogP contribution is -2.09. The fourth-order valence-electron chi connectivity index (χ4n) is 1.29. The predicted molar refractivity (Wildman–Crippen MR) is 59.8 cm³/mol. The van der Waals surface area contributed by atoms with Crippen LogP contribution in [0.3, 0.4) is 0 Å². The number of hydrogen-bond donors (Lipinski definition) is 0. The van der Waals surface area contributed by atoms with Crippen molar-refractivity contribution in [2.24, 2.45) is 0 Å². The van der Waals surface area contributed by atoms with Crippen LogP contribution in [0.1, 0.15) is 26.3 Å². The van der Waals surface area contributed by atoms with Crippen LogP contribution in [0.15, 0.2) is 17.0 Å². The molecule has 1 aromatic carbocycles. The molecule has 0 saturated heterocycles. The average Bonchev–Trinajstić information content (AvgIpc) is 2.36. The minimum atomic E-state index is -4.67. The Morgan fingerprint density at radius 1 is 1.47 bits per heavy atom. The van der Waals surface area contributed by atoms with Crippen molar-refractivity contribution >= 4 is 24.0 Å². The summed E-state index contributed by atoms with van der Waals surface area (Å²) in [6.45, 7) is 0. The molecular weight excluding hydrogens is 283 g/mol. The topological polar surface area (TPSA) is 67.2 Å². The van der Waals surface area contributed by atoms with E-state index in [4.69, 9.17) is 5.26 Å². The van der Waals surface area contributed by atoms with Gasteiger partial charge in [-0.25, -0.2) is 4.79 Å². The molecule has 0 aromatic heterocycles. The first-order valence-corrected chi connectivity index (χ1v) is 5.51. The second kappa shape index (κ2) is 5.75. The number of methoxy groups -OCH3 is 1. The summed E-state index contributed by atoms with van der Waals surface area (Å²) in [6.07, 6.45) is 0.329. The van der Waals surface area contributed by atoms with Crippen LogP contribution < -0.4 is 0 Å². The highest BCUT2D eigenvalue weighted by molar-refractivity contribution is 8.00. The van der Waals surface area contributed by atoms with E-state index in [1.165, 1.54) is 6.07 Å². The van der Waals surface area contributed by atoms with Gasteiger partial charge in [0.25, 0.3) is 0 Å². The van der Waals surface area contributed by atoms with E-state index in [2.05, 4.69) is 4.74 Å². The van der Waals surface area contributed by atoms with E-state index in [-0.39, 0.29) is 5.56 Å². The molecule has 1 rings (SSSR count). The number of hydrogen-bond acceptors (Lipinski definition) is 5. The van der Waals surface area contributed by atoms with Gasteiger partial charge in [0.1, 0.15) is 12.4 Å². The minimum Gasteiger partial charge on any atom is -0.465 e. The van der Waals surface area contributed by atoms with Crippen molar-refractivity contribution < 1.29 is 27.5 Å². The molecule has 0 N–H and O–H groups in total. The summed E-state index contributed by atoms with van der Waals surface area (Å²) in [5, 5.41) is 8.82. The van der Waals surface area contributed by atoms with Gasteiger partial charge in [0.15, 0.2) is 0 Å². The number of thioether (sulfide) groups is 1. The zero-order chi connectivity index (χ0) is 14.6. The van der Waals surface area contributed by atoms with Crippen molar-refractivity contribution in [2.45, 2.75) is 10.4 Å². The molecule has 8 heteroatoms. The third-order valence-electron chi connectivity index (χ3n) is 1.99. The zero-order valence-corrected chi connectivity index (χ0v) is 10.3. The van der Waals surface area contributed by atoms with Crippen LogP contribution >= 0.6 is 11.8 Å². The van der Waals surface area contributed by atoms with E-state index in [1.54, 1.807) is 0 Å². The van der Waals surface area contributed by atoms with Crippen molar-refractivity contribution in [3.63, 3.8) is 0 Å². The van der Waals surface area contributed by atoms with Crippen molar-refractivity contribution in [1.29, 1.82) is 5.26 Å². The molecule has 0 saturated carbocycles. The van der Waals surface area contributed by atoms with E-state index in [9.17, 15) is 22.8 Å². The third kappa shape index (κ3) is 3.72. The SMILES string of the molecule is COC(=O)c1cc(C=O)cc(C#N)c1SC(F)(F)F. The Labute approximate surface area is 110 Å². The van der Waals surface area contributed by atoms with Crippen LogP contribution in [0.4, 0.5) is 13.2 Å². The van der Waals surface area contributed by atoms with Crippen molar-refractivity contribution in [3.05, 3.63) is 28.8 Å². The van der Waals surface area contributed by atoms with Gasteiger partial charge in [0.05, 0.1) is 18.2 Å². The van der Waals surface area contributed by atoms with Gasteiger partial charge < -0.3 is 4.74 Å². The molecule has 4 nitrogen and oxygen atoms in total. The van der Waals surface area contributed by atoms with E-state index in [1.807, 2.05) is 0 Å². The first-order chi connectivity index (χ1) is 8.82. The number of benzene rings is 1. The van der Waals surface area contributed by atoms with Gasteiger partial charge in [-0.15, -0.1) is 0 Å². The summed E-state index contributed by atoms with van der Waals surface area (Å²) in [6, 6.07) is 3.46. The molecular formula is C11H6F3NO3S. The second-order valence-corrected chi connectivity index (χ2v) is 4.29. The molecule has 0 atom stereocenters. The number of carbonyl (C=O) groups excluding carboxylic acids is 2. The fourth-order valence-corrected chi connectivity index (χ4v) is 1.99. The number of ether oxygens (including phenoxy) is 1. The monoisotopic (exact) mass is 289 g/mol. The molecule has 0 amide bonds. The van der Waals surface area contributed by atoms with Gasteiger partial charge in [-0.2, -0.15) is 18.4 Å². The maximum Gasteiger partial charge on any atom is 0.446 e. The van der Waals surface area contributed by atoms with Crippen LogP contribution in [0.25, 0.3) is 0 Å². The number of halogens is 3. The maximum atomic E-state index is 12.4. The quantitative estimate of drug-likeness (QED) is 0.486. The van der Waals surface area contributed by atoms with E-state index >= 15 is 0 Å². The number of aldehydes is 1. The van der Waals surface area contributed by atoms with E-state index in [0.29, 0.717) is 6.29 Å². The smallest absolute Gasteiger partial charge is 0.446 e. The van der Waals surface area contributed by atoms with Crippen LogP contribution in [0, 0.1) is 11.3 Å². The Morgan fingerprint density at radius 3 is 2.53 bits per heavy atom. The Bertz CT molecular complexity index is 564. The first kappa shape index (κ1) is 15.0. The first-order valence-electron chi connectivity index (χ1n) is 4.69. The number of nitrogens with zero attached hydrogens (tertiary/aromatic N) is 1. The van der Waals surface area contributed by atoms with Gasteiger partial charge >= 0.3 is 11.5 Å². The van der Waals surface area contributed by atoms with Crippen molar-refractivity contribution in [3.8, 4) is 6.07 Å². The molecule has 1 aromatic rings. The molecule has 100 valence electrons. The van der Waals surface area contributed by atoms with Crippen molar-refractivity contribution in [1.82, 2.24) is 0 Å². The lowest BCUT2D eigenvalue weighted by atomic mass is 10.1. The number of nitriles is 1. The molecule has 0 heterocycles. The Kier molecular flexibility index (Phi) is 4.56.